The molecule has 0 spiro atoms. The van der Waals surface area contributed by atoms with Crippen molar-refractivity contribution in [2.24, 2.45) is 12.8 Å². The summed E-state index contributed by atoms with van der Waals surface area (Å²) in [5, 5.41) is 0. The number of hydrogen-bond donors (Lipinski definition) is 2. The normalized spacial score (nSPS) is 15.0. The van der Waals surface area contributed by atoms with Crippen molar-refractivity contribution in [3.05, 3.63) is 54.5 Å². The number of imidazole rings is 1. The number of nitrogens with two attached hydrogens (primary N) is 2. The second kappa shape index (κ2) is 7.67. The summed E-state index contributed by atoms with van der Waals surface area (Å²) in [6.45, 7) is 3.77. The van der Waals surface area contributed by atoms with Crippen LogP contribution in [-0.2, 0) is 7.05 Å². The summed E-state index contributed by atoms with van der Waals surface area (Å²) in [6.07, 6.45) is 3.84. The molecule has 1 saturated heterocycles. The van der Waals surface area contributed by atoms with E-state index in [0.717, 1.165) is 76.8 Å². The zero-order valence-electron chi connectivity index (χ0n) is 17.9. The predicted molar refractivity (Wildman–Crippen MR) is 126 cm³/mol. The standard InChI is InChI=1S/C24H27N7/c1-15-28-21-13-17(5-8-22(21)30(15)2)20-14-27-24(31-11-9-19(26)10-12-31)29-23(20)16-3-6-18(25)7-4-16/h3-8,13-14,19H,9-12,25-26H2,1-2H3. The third kappa shape index (κ3) is 3.61. The van der Waals surface area contributed by atoms with E-state index in [1.54, 1.807) is 0 Å². The molecule has 0 unspecified atom stereocenters. The molecular weight excluding hydrogens is 386 g/mol. The van der Waals surface area contributed by atoms with Crippen LogP contribution in [0.2, 0.25) is 0 Å². The molecule has 2 aromatic carbocycles. The van der Waals surface area contributed by atoms with Gasteiger partial charge in [0.25, 0.3) is 0 Å². The van der Waals surface area contributed by atoms with Gasteiger partial charge in [0, 0.05) is 49.2 Å². The molecule has 3 heterocycles. The minimum Gasteiger partial charge on any atom is -0.399 e. The van der Waals surface area contributed by atoms with Crippen molar-refractivity contribution in [1.29, 1.82) is 0 Å². The first-order valence-electron chi connectivity index (χ1n) is 10.7. The molecular formula is C24H27N7. The maximum atomic E-state index is 6.08. The molecule has 4 aromatic rings. The number of benzene rings is 2. The van der Waals surface area contributed by atoms with Gasteiger partial charge in [0.2, 0.25) is 5.95 Å². The molecule has 1 aliphatic rings. The Hall–Kier alpha value is -3.45. The maximum Gasteiger partial charge on any atom is 0.225 e. The first kappa shape index (κ1) is 19.5. The smallest absolute Gasteiger partial charge is 0.225 e. The van der Waals surface area contributed by atoms with Crippen LogP contribution < -0.4 is 16.4 Å². The number of hydrogen-bond acceptors (Lipinski definition) is 6. The lowest BCUT2D eigenvalue weighted by atomic mass is 10.00. The highest BCUT2D eigenvalue weighted by molar-refractivity contribution is 5.87. The fourth-order valence-electron chi connectivity index (χ4n) is 4.18. The fraction of sp³-hybridized carbons (Fsp3) is 0.292. The van der Waals surface area contributed by atoms with Crippen LogP contribution in [0.15, 0.2) is 48.7 Å². The average molecular weight is 414 g/mol. The van der Waals surface area contributed by atoms with Gasteiger partial charge in [-0.2, -0.15) is 0 Å². The number of aryl methyl sites for hydroxylation is 2. The summed E-state index contributed by atoms with van der Waals surface area (Å²) in [6, 6.07) is 14.4. The lowest BCUT2D eigenvalue weighted by Gasteiger charge is -2.30. The van der Waals surface area contributed by atoms with Gasteiger partial charge in [-0.25, -0.2) is 15.0 Å². The molecule has 7 nitrogen and oxygen atoms in total. The lowest BCUT2D eigenvalue weighted by molar-refractivity contribution is 0.495. The van der Waals surface area contributed by atoms with Crippen molar-refractivity contribution in [3.8, 4) is 22.4 Å². The quantitative estimate of drug-likeness (QED) is 0.499. The van der Waals surface area contributed by atoms with Crippen LogP contribution in [0.3, 0.4) is 0 Å². The molecule has 7 heteroatoms. The van der Waals surface area contributed by atoms with Gasteiger partial charge in [-0.05, 0) is 49.6 Å². The highest BCUT2D eigenvalue weighted by Gasteiger charge is 2.20. The lowest BCUT2D eigenvalue weighted by Crippen LogP contribution is -2.40. The van der Waals surface area contributed by atoms with Crippen LogP contribution in [0.25, 0.3) is 33.4 Å². The zero-order valence-corrected chi connectivity index (χ0v) is 17.9. The minimum atomic E-state index is 0.264. The Bertz CT molecular complexity index is 1240. The van der Waals surface area contributed by atoms with Gasteiger partial charge in [0.1, 0.15) is 5.82 Å². The summed E-state index contributed by atoms with van der Waals surface area (Å²) in [4.78, 5) is 16.7. The predicted octanol–water partition coefficient (Wildman–Crippen LogP) is 3.52. The molecule has 158 valence electrons. The van der Waals surface area contributed by atoms with E-state index in [1.165, 1.54) is 0 Å². The van der Waals surface area contributed by atoms with E-state index in [9.17, 15) is 0 Å². The topological polar surface area (TPSA) is 98.9 Å². The highest BCUT2D eigenvalue weighted by Crippen LogP contribution is 2.33. The van der Waals surface area contributed by atoms with Crippen molar-refractivity contribution in [1.82, 2.24) is 19.5 Å². The van der Waals surface area contributed by atoms with Gasteiger partial charge in [-0.15, -0.1) is 0 Å². The van der Waals surface area contributed by atoms with E-state index in [2.05, 4.69) is 27.7 Å². The van der Waals surface area contributed by atoms with Crippen LogP contribution in [0.1, 0.15) is 18.7 Å². The Balaban J connectivity index is 1.63. The largest absolute Gasteiger partial charge is 0.399 e. The second-order valence-electron chi connectivity index (χ2n) is 8.30. The molecule has 0 radical (unpaired) electrons. The van der Waals surface area contributed by atoms with E-state index in [0.29, 0.717) is 0 Å². The maximum absolute atomic E-state index is 6.08. The van der Waals surface area contributed by atoms with Crippen molar-refractivity contribution in [2.45, 2.75) is 25.8 Å². The molecule has 2 aromatic heterocycles. The molecule has 31 heavy (non-hydrogen) atoms. The molecule has 5 rings (SSSR count). The number of piperidine rings is 1. The van der Waals surface area contributed by atoms with Gasteiger partial charge < -0.3 is 20.9 Å². The van der Waals surface area contributed by atoms with Crippen LogP contribution in [0, 0.1) is 6.92 Å². The number of fused-ring (bicyclic) bond motifs is 1. The number of rotatable bonds is 3. The number of nitrogen functional groups attached to an aromatic ring is 1. The molecule has 0 saturated carbocycles. The van der Waals surface area contributed by atoms with Gasteiger partial charge in [-0.3, -0.25) is 0 Å². The van der Waals surface area contributed by atoms with Crippen LogP contribution in [0.4, 0.5) is 11.6 Å². The van der Waals surface area contributed by atoms with Gasteiger partial charge in [0.05, 0.1) is 16.7 Å². The summed E-state index contributed by atoms with van der Waals surface area (Å²) in [5.41, 5.74) is 18.8. The Labute approximate surface area is 181 Å². The SMILES string of the molecule is Cc1nc2cc(-c3cnc(N4CCC(N)CC4)nc3-c3ccc(N)cc3)ccc2n1C. The molecule has 1 fully saturated rings. The third-order valence-electron chi connectivity index (χ3n) is 6.20. The second-order valence-corrected chi connectivity index (χ2v) is 8.30. The van der Waals surface area contributed by atoms with E-state index in [4.69, 9.17) is 26.4 Å². The van der Waals surface area contributed by atoms with Gasteiger partial charge in [0.15, 0.2) is 0 Å². The summed E-state index contributed by atoms with van der Waals surface area (Å²) < 4.78 is 2.10. The zero-order chi connectivity index (χ0) is 21.5. The summed E-state index contributed by atoms with van der Waals surface area (Å²) in [7, 11) is 2.03. The minimum absolute atomic E-state index is 0.264. The van der Waals surface area contributed by atoms with Gasteiger partial charge in [-0.1, -0.05) is 18.2 Å². The highest BCUT2D eigenvalue weighted by atomic mass is 15.3. The van der Waals surface area contributed by atoms with Crippen molar-refractivity contribution >= 4 is 22.7 Å². The molecule has 4 N–H and O–H groups in total. The van der Waals surface area contributed by atoms with Crippen LogP contribution >= 0.6 is 0 Å². The molecule has 0 aliphatic carbocycles. The first-order chi connectivity index (χ1) is 15.0. The van der Waals surface area contributed by atoms with E-state index in [1.807, 2.05) is 44.4 Å². The number of aromatic nitrogens is 4. The molecule has 0 atom stereocenters. The van der Waals surface area contributed by atoms with Gasteiger partial charge >= 0.3 is 0 Å². The van der Waals surface area contributed by atoms with E-state index >= 15 is 0 Å². The molecule has 0 bridgehead atoms. The van der Waals surface area contributed by atoms with E-state index < -0.39 is 0 Å². The number of anilines is 2. The van der Waals surface area contributed by atoms with Crippen molar-refractivity contribution in [2.75, 3.05) is 23.7 Å². The Morgan fingerprint density at radius 2 is 1.68 bits per heavy atom. The number of nitrogens with zero attached hydrogens (tertiary/aromatic N) is 5. The summed E-state index contributed by atoms with van der Waals surface area (Å²) in [5.74, 6) is 1.73. The third-order valence-corrected chi connectivity index (χ3v) is 6.20. The van der Waals surface area contributed by atoms with Crippen LogP contribution in [-0.4, -0.2) is 38.7 Å². The Kier molecular flexibility index (Phi) is 4.82. The molecule has 1 aliphatic heterocycles. The average Bonchev–Trinajstić information content (AvgIpc) is 3.07. The van der Waals surface area contributed by atoms with E-state index in [-0.39, 0.29) is 6.04 Å². The Morgan fingerprint density at radius 3 is 2.42 bits per heavy atom. The van der Waals surface area contributed by atoms with Crippen molar-refractivity contribution in [3.63, 3.8) is 0 Å². The monoisotopic (exact) mass is 413 g/mol. The van der Waals surface area contributed by atoms with Crippen LogP contribution in [0.5, 0.6) is 0 Å². The summed E-state index contributed by atoms with van der Waals surface area (Å²) >= 11 is 0. The Morgan fingerprint density at radius 1 is 0.968 bits per heavy atom. The fourth-order valence-corrected chi connectivity index (χ4v) is 4.18. The first-order valence-corrected chi connectivity index (χ1v) is 10.7. The van der Waals surface area contributed by atoms with Crippen molar-refractivity contribution < 1.29 is 0 Å². The molecule has 0 amide bonds.